The molecule has 1 heterocycles. The van der Waals surface area contributed by atoms with Crippen molar-refractivity contribution in [3.63, 3.8) is 0 Å². The van der Waals surface area contributed by atoms with E-state index in [9.17, 15) is 14.4 Å². The number of carbonyl (C=O) groups is 3. The number of aryl methyl sites for hydroxylation is 1. The summed E-state index contributed by atoms with van der Waals surface area (Å²) in [4.78, 5) is 37.3. The number of aromatic carboxylic acids is 1. The molecule has 2 aromatic rings. The van der Waals surface area contributed by atoms with Crippen LogP contribution in [0.15, 0.2) is 42.5 Å². The normalized spacial score (nSPS) is 16.6. The Morgan fingerprint density at radius 1 is 1.23 bits per heavy atom. The van der Waals surface area contributed by atoms with Crippen molar-refractivity contribution in [1.29, 1.82) is 0 Å². The molecule has 0 radical (unpaired) electrons. The Hall–Kier alpha value is -2.86. The second-order valence-corrected chi connectivity index (χ2v) is 6.62. The van der Waals surface area contributed by atoms with Crippen LogP contribution in [-0.4, -0.2) is 29.4 Å². The van der Waals surface area contributed by atoms with Crippen molar-refractivity contribution in [2.75, 3.05) is 16.8 Å². The van der Waals surface area contributed by atoms with E-state index in [2.05, 4.69) is 5.32 Å². The maximum Gasteiger partial charge on any atom is 0.335 e. The Labute approximate surface area is 155 Å². The molecule has 26 heavy (non-hydrogen) atoms. The summed E-state index contributed by atoms with van der Waals surface area (Å²) in [5, 5.41) is 12.3. The predicted molar refractivity (Wildman–Crippen MR) is 98.7 cm³/mol. The Balaban J connectivity index is 1.71. The number of benzene rings is 2. The number of hydrogen-bond donors (Lipinski definition) is 2. The van der Waals surface area contributed by atoms with E-state index in [4.69, 9.17) is 16.7 Å². The van der Waals surface area contributed by atoms with Gasteiger partial charge in [-0.05, 0) is 42.8 Å². The first kappa shape index (κ1) is 17.9. The lowest BCUT2D eigenvalue weighted by Gasteiger charge is -2.17. The lowest BCUT2D eigenvalue weighted by molar-refractivity contribution is -0.122. The number of rotatable bonds is 4. The van der Waals surface area contributed by atoms with Crippen LogP contribution in [0.4, 0.5) is 11.4 Å². The molecule has 6 nitrogen and oxygen atoms in total. The van der Waals surface area contributed by atoms with Crippen molar-refractivity contribution < 1.29 is 19.5 Å². The van der Waals surface area contributed by atoms with Crippen LogP contribution in [0.1, 0.15) is 22.3 Å². The van der Waals surface area contributed by atoms with Gasteiger partial charge in [0, 0.05) is 29.4 Å². The smallest absolute Gasteiger partial charge is 0.335 e. The summed E-state index contributed by atoms with van der Waals surface area (Å²) < 4.78 is 0. The standard InChI is InChI=1S/C19H17ClN2O4/c1-11-5-6-15(9-16(11)20)22-10-13(8-17(22)23)18(24)21-14-4-2-3-12(7-14)19(25)26/h2-7,9,13H,8,10H2,1H3,(H,21,24)(H,25,26)/t13-/m0/s1. The molecule has 7 heteroatoms. The molecule has 1 aliphatic rings. The topological polar surface area (TPSA) is 86.7 Å². The molecule has 1 saturated heterocycles. The summed E-state index contributed by atoms with van der Waals surface area (Å²) in [6.07, 6.45) is 0.0932. The van der Waals surface area contributed by atoms with Crippen LogP contribution in [0.2, 0.25) is 5.02 Å². The van der Waals surface area contributed by atoms with E-state index in [-0.39, 0.29) is 30.3 Å². The van der Waals surface area contributed by atoms with Crippen LogP contribution < -0.4 is 10.2 Å². The maximum atomic E-state index is 12.5. The van der Waals surface area contributed by atoms with Crippen LogP contribution in [0.5, 0.6) is 0 Å². The molecule has 1 atom stereocenters. The molecular weight excluding hydrogens is 356 g/mol. The van der Waals surface area contributed by atoms with E-state index >= 15 is 0 Å². The van der Waals surface area contributed by atoms with Crippen LogP contribution in [0, 0.1) is 12.8 Å². The summed E-state index contributed by atoms with van der Waals surface area (Å²) in [6, 6.07) is 11.3. The van der Waals surface area contributed by atoms with Gasteiger partial charge in [-0.3, -0.25) is 9.59 Å². The Morgan fingerprint density at radius 2 is 2.00 bits per heavy atom. The SMILES string of the molecule is Cc1ccc(N2C[C@@H](C(=O)Nc3cccc(C(=O)O)c3)CC2=O)cc1Cl. The molecule has 0 bridgehead atoms. The maximum absolute atomic E-state index is 12.5. The van der Waals surface area contributed by atoms with Crippen LogP contribution in [0.3, 0.4) is 0 Å². The largest absolute Gasteiger partial charge is 0.478 e. The third-order valence-corrected chi connectivity index (χ3v) is 4.75. The minimum Gasteiger partial charge on any atom is -0.478 e. The van der Waals surface area contributed by atoms with Crippen molar-refractivity contribution in [3.05, 3.63) is 58.6 Å². The number of hydrogen-bond acceptors (Lipinski definition) is 3. The summed E-state index contributed by atoms with van der Waals surface area (Å²) in [5.74, 6) is -2.05. The zero-order valence-electron chi connectivity index (χ0n) is 14.0. The Kier molecular flexibility index (Phi) is 4.95. The van der Waals surface area contributed by atoms with Gasteiger partial charge >= 0.3 is 5.97 Å². The molecule has 0 saturated carbocycles. The minimum absolute atomic E-state index is 0.0845. The molecule has 1 aliphatic heterocycles. The van der Waals surface area contributed by atoms with Gasteiger partial charge in [-0.25, -0.2) is 4.79 Å². The fourth-order valence-corrected chi connectivity index (χ4v) is 3.03. The number of carboxylic acid groups (broad SMARTS) is 1. The van der Waals surface area contributed by atoms with Crippen molar-refractivity contribution in [1.82, 2.24) is 0 Å². The van der Waals surface area contributed by atoms with E-state index in [1.165, 1.54) is 12.1 Å². The monoisotopic (exact) mass is 372 g/mol. The molecule has 134 valence electrons. The second kappa shape index (κ2) is 7.17. The van der Waals surface area contributed by atoms with Gasteiger partial charge < -0.3 is 15.3 Å². The highest BCUT2D eigenvalue weighted by atomic mass is 35.5. The van der Waals surface area contributed by atoms with Crippen molar-refractivity contribution in [3.8, 4) is 0 Å². The second-order valence-electron chi connectivity index (χ2n) is 6.21. The third-order valence-electron chi connectivity index (χ3n) is 4.34. The van der Waals surface area contributed by atoms with Crippen molar-refractivity contribution >= 4 is 40.8 Å². The first-order chi connectivity index (χ1) is 12.3. The Bertz CT molecular complexity index is 897. The van der Waals surface area contributed by atoms with E-state index in [1.807, 2.05) is 13.0 Å². The zero-order valence-corrected chi connectivity index (χ0v) is 14.8. The van der Waals surface area contributed by atoms with Gasteiger partial charge in [0.2, 0.25) is 11.8 Å². The number of nitrogens with one attached hydrogen (secondary N) is 1. The minimum atomic E-state index is -1.07. The molecule has 3 rings (SSSR count). The molecule has 2 N–H and O–H groups in total. The summed E-state index contributed by atoms with van der Waals surface area (Å²) in [7, 11) is 0. The van der Waals surface area contributed by atoms with Gasteiger partial charge in [0.25, 0.3) is 0 Å². The number of carboxylic acids is 1. The van der Waals surface area contributed by atoms with E-state index in [1.54, 1.807) is 29.2 Å². The number of carbonyl (C=O) groups excluding carboxylic acids is 2. The van der Waals surface area contributed by atoms with Gasteiger partial charge in [0.05, 0.1) is 11.5 Å². The summed E-state index contributed by atoms with van der Waals surface area (Å²) in [6.45, 7) is 2.13. The van der Waals surface area contributed by atoms with Crippen LogP contribution in [0.25, 0.3) is 0 Å². The highest BCUT2D eigenvalue weighted by molar-refractivity contribution is 6.31. The fraction of sp³-hybridized carbons (Fsp3) is 0.211. The molecule has 0 aliphatic carbocycles. The fourth-order valence-electron chi connectivity index (χ4n) is 2.86. The molecule has 2 amide bonds. The first-order valence-electron chi connectivity index (χ1n) is 8.06. The number of nitrogens with zero attached hydrogens (tertiary/aromatic N) is 1. The number of amides is 2. The molecule has 2 aromatic carbocycles. The van der Waals surface area contributed by atoms with Gasteiger partial charge in [0.15, 0.2) is 0 Å². The highest BCUT2D eigenvalue weighted by Gasteiger charge is 2.35. The van der Waals surface area contributed by atoms with Gasteiger partial charge in [-0.15, -0.1) is 0 Å². The predicted octanol–water partition coefficient (Wildman–Crippen LogP) is 3.34. The number of halogens is 1. The van der Waals surface area contributed by atoms with Crippen molar-refractivity contribution in [2.45, 2.75) is 13.3 Å². The summed E-state index contributed by atoms with van der Waals surface area (Å²) >= 11 is 6.12. The molecule has 0 unspecified atom stereocenters. The lowest BCUT2D eigenvalue weighted by Crippen LogP contribution is -2.28. The van der Waals surface area contributed by atoms with Gasteiger partial charge in [-0.1, -0.05) is 23.7 Å². The summed E-state index contributed by atoms with van der Waals surface area (Å²) in [5.41, 5.74) is 2.05. The zero-order chi connectivity index (χ0) is 18.8. The molecule has 0 aromatic heterocycles. The average molecular weight is 373 g/mol. The van der Waals surface area contributed by atoms with Crippen LogP contribution in [-0.2, 0) is 9.59 Å². The van der Waals surface area contributed by atoms with E-state index in [0.29, 0.717) is 16.4 Å². The molecule has 1 fully saturated rings. The van der Waals surface area contributed by atoms with Gasteiger partial charge in [-0.2, -0.15) is 0 Å². The third kappa shape index (κ3) is 3.70. The molecule has 0 spiro atoms. The Morgan fingerprint density at radius 3 is 2.69 bits per heavy atom. The quantitative estimate of drug-likeness (QED) is 0.861. The van der Waals surface area contributed by atoms with Crippen molar-refractivity contribution in [2.24, 2.45) is 5.92 Å². The molecular formula is C19H17ClN2O4. The van der Waals surface area contributed by atoms with Crippen LogP contribution >= 0.6 is 11.6 Å². The van der Waals surface area contributed by atoms with E-state index in [0.717, 1.165) is 5.56 Å². The number of anilines is 2. The average Bonchev–Trinajstić information content (AvgIpc) is 2.99. The van der Waals surface area contributed by atoms with Gasteiger partial charge in [0.1, 0.15) is 0 Å². The first-order valence-corrected chi connectivity index (χ1v) is 8.43. The van der Waals surface area contributed by atoms with E-state index < -0.39 is 11.9 Å². The lowest BCUT2D eigenvalue weighted by atomic mass is 10.1. The highest BCUT2D eigenvalue weighted by Crippen LogP contribution is 2.29.